The standard InChI is InChI=1S/C24H26FN7O3/c1-30-16-18(15-26-30)7-11-34-24-27-21(31-9-12-33-13-10-31)14-22(28-24)32-8-6-23(29-32)35-17-19-4-2-3-5-20(19)25/h2-6,8,14-16H,7,9-13,17H2,1H3. The van der Waals surface area contributed by atoms with E-state index in [1.807, 2.05) is 25.5 Å². The molecule has 182 valence electrons. The van der Waals surface area contributed by atoms with Crippen LogP contribution in [0.4, 0.5) is 10.2 Å². The van der Waals surface area contributed by atoms with Crippen LogP contribution in [0.3, 0.4) is 0 Å². The maximum absolute atomic E-state index is 13.9. The maximum Gasteiger partial charge on any atom is 0.320 e. The van der Waals surface area contributed by atoms with E-state index in [2.05, 4.69) is 25.1 Å². The Kier molecular flexibility index (Phi) is 6.85. The Labute approximate surface area is 201 Å². The quantitative estimate of drug-likeness (QED) is 0.362. The van der Waals surface area contributed by atoms with Gasteiger partial charge in [-0.3, -0.25) is 4.68 Å². The number of benzene rings is 1. The van der Waals surface area contributed by atoms with Crippen molar-refractivity contribution in [3.8, 4) is 17.7 Å². The first-order valence-corrected chi connectivity index (χ1v) is 11.4. The normalized spacial score (nSPS) is 13.7. The highest BCUT2D eigenvalue weighted by Gasteiger charge is 2.17. The van der Waals surface area contributed by atoms with Gasteiger partial charge in [-0.15, -0.1) is 5.10 Å². The molecule has 5 rings (SSSR count). The van der Waals surface area contributed by atoms with Crippen molar-refractivity contribution in [2.75, 3.05) is 37.8 Å². The van der Waals surface area contributed by atoms with E-state index >= 15 is 0 Å². The molecule has 4 aromatic rings. The Morgan fingerprint density at radius 3 is 2.69 bits per heavy atom. The zero-order chi connectivity index (χ0) is 24.0. The molecular formula is C24H26FN7O3. The van der Waals surface area contributed by atoms with Crippen LogP contribution in [-0.4, -0.2) is 62.4 Å². The van der Waals surface area contributed by atoms with Crippen molar-refractivity contribution in [3.05, 3.63) is 71.9 Å². The van der Waals surface area contributed by atoms with Crippen molar-refractivity contribution in [1.82, 2.24) is 29.5 Å². The number of aryl methyl sites for hydroxylation is 1. The minimum atomic E-state index is -0.314. The van der Waals surface area contributed by atoms with Gasteiger partial charge in [0.05, 0.1) is 26.0 Å². The van der Waals surface area contributed by atoms with Gasteiger partial charge in [-0.2, -0.15) is 15.1 Å². The third-order valence-corrected chi connectivity index (χ3v) is 5.53. The number of aromatic nitrogens is 6. The molecule has 0 radical (unpaired) electrons. The van der Waals surface area contributed by atoms with Gasteiger partial charge in [-0.05, 0) is 11.6 Å². The molecule has 0 amide bonds. The lowest BCUT2D eigenvalue weighted by atomic mass is 10.2. The number of nitrogens with zero attached hydrogens (tertiary/aromatic N) is 7. The van der Waals surface area contributed by atoms with Crippen LogP contribution in [0.5, 0.6) is 11.9 Å². The highest BCUT2D eigenvalue weighted by atomic mass is 19.1. The fraction of sp³-hybridized carbons (Fsp3) is 0.333. The number of hydrogen-bond acceptors (Lipinski definition) is 8. The predicted molar refractivity (Wildman–Crippen MR) is 125 cm³/mol. The van der Waals surface area contributed by atoms with Crippen LogP contribution < -0.4 is 14.4 Å². The van der Waals surface area contributed by atoms with Gasteiger partial charge in [0.15, 0.2) is 5.82 Å². The second-order valence-corrected chi connectivity index (χ2v) is 8.07. The van der Waals surface area contributed by atoms with Crippen molar-refractivity contribution in [2.45, 2.75) is 13.0 Å². The number of halogens is 1. The second kappa shape index (κ2) is 10.5. The van der Waals surface area contributed by atoms with E-state index in [-0.39, 0.29) is 18.4 Å². The highest BCUT2D eigenvalue weighted by molar-refractivity contribution is 5.45. The summed E-state index contributed by atoms with van der Waals surface area (Å²) < 4.78 is 34.3. The van der Waals surface area contributed by atoms with E-state index in [1.165, 1.54) is 6.07 Å². The highest BCUT2D eigenvalue weighted by Crippen LogP contribution is 2.21. The zero-order valence-corrected chi connectivity index (χ0v) is 19.4. The first kappa shape index (κ1) is 22.8. The van der Waals surface area contributed by atoms with Crippen LogP contribution in [0.2, 0.25) is 0 Å². The van der Waals surface area contributed by atoms with Gasteiger partial charge < -0.3 is 19.1 Å². The minimum Gasteiger partial charge on any atom is -0.472 e. The van der Waals surface area contributed by atoms with Crippen molar-refractivity contribution in [1.29, 1.82) is 0 Å². The topological polar surface area (TPSA) is 92.3 Å². The summed E-state index contributed by atoms with van der Waals surface area (Å²) in [6.45, 7) is 3.20. The SMILES string of the molecule is Cn1cc(CCOc2nc(N3CCOCC3)cc(-n3ccc(OCc4ccccc4F)n3)n2)cn1. The molecule has 1 aromatic carbocycles. The lowest BCUT2D eigenvalue weighted by Gasteiger charge is -2.28. The van der Waals surface area contributed by atoms with Crippen LogP contribution in [-0.2, 0) is 24.8 Å². The van der Waals surface area contributed by atoms with Crippen LogP contribution in [0, 0.1) is 5.82 Å². The van der Waals surface area contributed by atoms with Gasteiger partial charge >= 0.3 is 6.01 Å². The molecule has 10 nitrogen and oxygen atoms in total. The first-order chi connectivity index (χ1) is 17.1. The second-order valence-electron chi connectivity index (χ2n) is 8.07. The summed E-state index contributed by atoms with van der Waals surface area (Å²) in [6, 6.07) is 10.3. The van der Waals surface area contributed by atoms with Crippen molar-refractivity contribution in [3.63, 3.8) is 0 Å². The molecule has 1 aliphatic rings. The summed E-state index contributed by atoms with van der Waals surface area (Å²) >= 11 is 0. The summed E-state index contributed by atoms with van der Waals surface area (Å²) in [7, 11) is 1.88. The fourth-order valence-electron chi connectivity index (χ4n) is 3.68. The molecule has 1 aliphatic heterocycles. The summed E-state index contributed by atoms with van der Waals surface area (Å²) in [5, 5.41) is 8.64. The Hall–Kier alpha value is -3.99. The Balaban J connectivity index is 1.33. The summed E-state index contributed by atoms with van der Waals surface area (Å²) in [5.74, 6) is 1.32. The Bertz CT molecular complexity index is 1270. The molecule has 0 saturated carbocycles. The minimum absolute atomic E-state index is 0.0786. The first-order valence-electron chi connectivity index (χ1n) is 11.4. The Morgan fingerprint density at radius 2 is 1.89 bits per heavy atom. The summed E-state index contributed by atoms with van der Waals surface area (Å²) in [4.78, 5) is 11.3. The third kappa shape index (κ3) is 5.75. The van der Waals surface area contributed by atoms with Gasteiger partial charge in [0, 0.05) is 56.6 Å². The van der Waals surface area contributed by atoms with Gasteiger partial charge in [-0.25, -0.2) is 9.07 Å². The molecule has 35 heavy (non-hydrogen) atoms. The lowest BCUT2D eigenvalue weighted by molar-refractivity contribution is 0.122. The number of morpholine rings is 1. The maximum atomic E-state index is 13.9. The molecule has 11 heteroatoms. The zero-order valence-electron chi connectivity index (χ0n) is 19.4. The fourth-order valence-corrected chi connectivity index (χ4v) is 3.68. The average Bonchev–Trinajstić information content (AvgIpc) is 3.53. The molecule has 4 heterocycles. The summed E-state index contributed by atoms with van der Waals surface area (Å²) in [6.07, 6.45) is 6.18. The molecule has 0 aliphatic carbocycles. The van der Waals surface area contributed by atoms with Crippen LogP contribution in [0.1, 0.15) is 11.1 Å². The Morgan fingerprint density at radius 1 is 1.06 bits per heavy atom. The number of ether oxygens (including phenoxy) is 3. The molecule has 0 unspecified atom stereocenters. The molecule has 1 saturated heterocycles. The van der Waals surface area contributed by atoms with Crippen molar-refractivity contribution in [2.24, 2.45) is 7.05 Å². The van der Waals surface area contributed by atoms with Gasteiger partial charge in [0.1, 0.15) is 18.2 Å². The molecule has 0 spiro atoms. The van der Waals surface area contributed by atoms with E-state index in [4.69, 9.17) is 14.2 Å². The smallest absolute Gasteiger partial charge is 0.320 e. The lowest BCUT2D eigenvalue weighted by Crippen LogP contribution is -2.37. The van der Waals surface area contributed by atoms with Gasteiger partial charge in [-0.1, -0.05) is 18.2 Å². The number of hydrogen-bond donors (Lipinski definition) is 0. The van der Waals surface area contributed by atoms with Crippen LogP contribution >= 0.6 is 0 Å². The van der Waals surface area contributed by atoms with E-state index in [0.717, 1.165) is 24.5 Å². The van der Waals surface area contributed by atoms with E-state index in [0.29, 0.717) is 43.5 Å². The van der Waals surface area contributed by atoms with Crippen molar-refractivity contribution < 1.29 is 18.6 Å². The molecular weight excluding hydrogens is 453 g/mol. The summed E-state index contributed by atoms with van der Waals surface area (Å²) in [5.41, 5.74) is 1.53. The molecule has 0 bridgehead atoms. The van der Waals surface area contributed by atoms with Gasteiger partial charge in [0.2, 0.25) is 5.88 Å². The van der Waals surface area contributed by atoms with E-state index in [1.54, 1.807) is 39.8 Å². The molecule has 0 atom stereocenters. The van der Waals surface area contributed by atoms with Gasteiger partial charge in [0.25, 0.3) is 0 Å². The molecule has 1 fully saturated rings. The predicted octanol–water partition coefficient (Wildman–Crippen LogP) is 2.57. The number of anilines is 1. The monoisotopic (exact) mass is 479 g/mol. The van der Waals surface area contributed by atoms with Crippen LogP contribution in [0.25, 0.3) is 5.82 Å². The van der Waals surface area contributed by atoms with Crippen LogP contribution in [0.15, 0.2) is 55.0 Å². The molecule has 0 N–H and O–H groups in total. The molecule has 3 aromatic heterocycles. The van der Waals surface area contributed by atoms with E-state index in [9.17, 15) is 4.39 Å². The van der Waals surface area contributed by atoms with E-state index < -0.39 is 0 Å². The van der Waals surface area contributed by atoms with Crippen molar-refractivity contribution >= 4 is 5.82 Å². The largest absolute Gasteiger partial charge is 0.472 e. The third-order valence-electron chi connectivity index (χ3n) is 5.53. The number of rotatable bonds is 9. The average molecular weight is 480 g/mol.